The lowest BCUT2D eigenvalue weighted by Crippen LogP contribution is -2.29. The van der Waals surface area contributed by atoms with Gasteiger partial charge < -0.3 is 14.6 Å². The molecule has 0 radical (unpaired) electrons. The smallest absolute Gasteiger partial charge is 0.270 e. The highest BCUT2D eigenvalue weighted by atomic mass is 16.5. The summed E-state index contributed by atoms with van der Waals surface area (Å²) in [5, 5.41) is 0. The van der Waals surface area contributed by atoms with E-state index in [1.807, 2.05) is 17.0 Å². The van der Waals surface area contributed by atoms with Gasteiger partial charge in [-0.2, -0.15) is 0 Å². The molecule has 1 aromatic rings. The summed E-state index contributed by atoms with van der Waals surface area (Å²) in [6, 6.07) is 3.67. The summed E-state index contributed by atoms with van der Waals surface area (Å²) < 4.78 is 5.54. The first kappa shape index (κ1) is 12.2. The molecule has 0 spiro atoms. The highest BCUT2D eigenvalue weighted by molar-refractivity contribution is 5.92. The van der Waals surface area contributed by atoms with E-state index in [1.165, 1.54) is 0 Å². The molecule has 2 heterocycles. The van der Waals surface area contributed by atoms with E-state index in [0.717, 1.165) is 39.1 Å². The number of ether oxygens (including phenoxy) is 1. The Morgan fingerprint density at radius 3 is 3.24 bits per heavy atom. The van der Waals surface area contributed by atoms with Crippen molar-refractivity contribution in [3.05, 3.63) is 24.0 Å². The molecule has 1 saturated heterocycles. The topological polar surface area (TPSA) is 45.3 Å². The second-order valence-corrected chi connectivity index (χ2v) is 4.56. The van der Waals surface area contributed by atoms with Crippen LogP contribution in [-0.4, -0.2) is 42.1 Å². The lowest BCUT2D eigenvalue weighted by atomic mass is 10.1. The van der Waals surface area contributed by atoms with Crippen LogP contribution in [0.4, 0.5) is 0 Å². The second kappa shape index (κ2) is 5.87. The predicted molar refractivity (Wildman–Crippen MR) is 65.9 cm³/mol. The highest BCUT2D eigenvalue weighted by Crippen LogP contribution is 2.18. The van der Waals surface area contributed by atoms with Gasteiger partial charge in [-0.05, 0) is 25.0 Å². The van der Waals surface area contributed by atoms with Crippen LogP contribution in [-0.2, 0) is 4.74 Å². The lowest BCUT2D eigenvalue weighted by molar-refractivity contribution is 0.0750. The Labute approximate surface area is 102 Å². The predicted octanol–water partition coefficient (Wildman–Crippen LogP) is 1.90. The number of hydrogen-bond donors (Lipinski definition) is 1. The number of H-pyrrole nitrogens is 1. The minimum absolute atomic E-state index is 0.105. The van der Waals surface area contributed by atoms with Crippen molar-refractivity contribution >= 4 is 5.91 Å². The fourth-order valence-electron chi connectivity index (χ4n) is 2.18. The van der Waals surface area contributed by atoms with Crippen molar-refractivity contribution < 1.29 is 9.53 Å². The van der Waals surface area contributed by atoms with Crippen molar-refractivity contribution in [2.75, 3.05) is 26.3 Å². The molecule has 1 fully saturated rings. The minimum Gasteiger partial charge on any atom is -0.381 e. The van der Waals surface area contributed by atoms with E-state index in [2.05, 4.69) is 11.9 Å². The van der Waals surface area contributed by atoms with Gasteiger partial charge in [-0.15, -0.1) is 0 Å². The lowest BCUT2D eigenvalue weighted by Gasteiger charge is -2.15. The summed E-state index contributed by atoms with van der Waals surface area (Å²) in [5.74, 6) is 0.605. The van der Waals surface area contributed by atoms with E-state index >= 15 is 0 Å². The highest BCUT2D eigenvalue weighted by Gasteiger charge is 2.27. The molecule has 17 heavy (non-hydrogen) atoms. The van der Waals surface area contributed by atoms with Crippen LogP contribution in [0.25, 0.3) is 0 Å². The van der Waals surface area contributed by atoms with E-state index in [1.54, 1.807) is 6.20 Å². The van der Waals surface area contributed by atoms with Gasteiger partial charge in [0.1, 0.15) is 5.69 Å². The largest absolute Gasteiger partial charge is 0.381 e. The molecule has 4 nitrogen and oxygen atoms in total. The van der Waals surface area contributed by atoms with E-state index in [-0.39, 0.29) is 5.91 Å². The normalized spacial score (nSPS) is 19.8. The maximum atomic E-state index is 12.0. The average Bonchev–Trinajstić information content (AvgIpc) is 3.00. The molecule has 1 N–H and O–H groups in total. The van der Waals surface area contributed by atoms with Gasteiger partial charge in [0.25, 0.3) is 5.91 Å². The van der Waals surface area contributed by atoms with Crippen LogP contribution in [0.2, 0.25) is 0 Å². The van der Waals surface area contributed by atoms with Crippen LogP contribution in [0.3, 0.4) is 0 Å². The van der Waals surface area contributed by atoms with E-state index in [4.69, 9.17) is 4.74 Å². The van der Waals surface area contributed by atoms with Gasteiger partial charge in [0.15, 0.2) is 0 Å². The Morgan fingerprint density at radius 1 is 1.65 bits per heavy atom. The van der Waals surface area contributed by atoms with Gasteiger partial charge in [-0.1, -0.05) is 6.92 Å². The van der Waals surface area contributed by atoms with Crippen LogP contribution in [0.15, 0.2) is 18.3 Å². The Morgan fingerprint density at radius 2 is 2.53 bits per heavy atom. The molecular formula is C13H20N2O2. The molecule has 0 saturated carbocycles. The maximum Gasteiger partial charge on any atom is 0.270 e. The number of amides is 1. The SMILES string of the molecule is CCCOC[C@H]1CCN(C(=O)c2ccc[nH]2)C1. The quantitative estimate of drug-likeness (QED) is 0.794. The number of carbonyl (C=O) groups is 1. The first-order valence-electron chi connectivity index (χ1n) is 6.31. The van der Waals surface area contributed by atoms with Crippen LogP contribution < -0.4 is 0 Å². The Hall–Kier alpha value is -1.29. The van der Waals surface area contributed by atoms with Crippen molar-refractivity contribution in [1.82, 2.24) is 9.88 Å². The number of aromatic amines is 1. The molecule has 0 unspecified atom stereocenters. The monoisotopic (exact) mass is 236 g/mol. The van der Waals surface area contributed by atoms with Crippen molar-refractivity contribution in [3.63, 3.8) is 0 Å². The molecule has 0 bridgehead atoms. The summed E-state index contributed by atoms with van der Waals surface area (Å²) in [6.07, 6.45) is 3.89. The van der Waals surface area contributed by atoms with E-state index in [9.17, 15) is 4.79 Å². The molecule has 94 valence electrons. The fraction of sp³-hybridized carbons (Fsp3) is 0.615. The van der Waals surface area contributed by atoms with Crippen LogP contribution in [0, 0.1) is 5.92 Å². The number of nitrogens with one attached hydrogen (secondary N) is 1. The number of aromatic nitrogens is 1. The summed E-state index contributed by atoms with van der Waals surface area (Å²) in [4.78, 5) is 16.9. The van der Waals surface area contributed by atoms with Crippen molar-refractivity contribution in [3.8, 4) is 0 Å². The third kappa shape index (κ3) is 3.09. The fourth-order valence-corrected chi connectivity index (χ4v) is 2.18. The molecule has 1 aliphatic heterocycles. The third-order valence-electron chi connectivity index (χ3n) is 3.10. The average molecular weight is 236 g/mol. The molecule has 0 aromatic carbocycles. The standard InChI is InChI=1S/C13H20N2O2/c1-2-8-17-10-11-5-7-15(9-11)13(16)12-4-3-6-14-12/h3-4,6,11,14H,2,5,7-10H2,1H3/t11-/m0/s1. The van der Waals surface area contributed by atoms with Gasteiger partial charge in [0.2, 0.25) is 0 Å². The van der Waals surface area contributed by atoms with Gasteiger partial charge in [0.05, 0.1) is 6.61 Å². The van der Waals surface area contributed by atoms with Crippen molar-refractivity contribution in [2.45, 2.75) is 19.8 Å². The van der Waals surface area contributed by atoms with Crippen LogP contribution in [0.1, 0.15) is 30.3 Å². The van der Waals surface area contributed by atoms with Crippen LogP contribution in [0.5, 0.6) is 0 Å². The van der Waals surface area contributed by atoms with Gasteiger partial charge in [-0.25, -0.2) is 0 Å². The molecular weight excluding hydrogens is 216 g/mol. The van der Waals surface area contributed by atoms with Crippen LogP contribution >= 0.6 is 0 Å². The van der Waals surface area contributed by atoms with E-state index in [0.29, 0.717) is 11.6 Å². The number of carbonyl (C=O) groups excluding carboxylic acids is 1. The Kier molecular flexibility index (Phi) is 4.20. The number of rotatable bonds is 5. The van der Waals surface area contributed by atoms with Gasteiger partial charge >= 0.3 is 0 Å². The third-order valence-corrected chi connectivity index (χ3v) is 3.10. The summed E-state index contributed by atoms with van der Waals surface area (Å²) in [5.41, 5.74) is 0.681. The molecule has 1 atom stereocenters. The molecule has 2 rings (SSSR count). The first-order valence-corrected chi connectivity index (χ1v) is 6.31. The Bertz CT molecular complexity index is 348. The molecule has 1 aromatic heterocycles. The maximum absolute atomic E-state index is 12.0. The summed E-state index contributed by atoms with van der Waals surface area (Å²) in [7, 11) is 0. The number of likely N-dealkylation sites (tertiary alicyclic amines) is 1. The zero-order chi connectivity index (χ0) is 12.1. The number of nitrogens with zero attached hydrogens (tertiary/aromatic N) is 1. The van der Waals surface area contributed by atoms with E-state index < -0.39 is 0 Å². The molecule has 0 aliphatic carbocycles. The minimum atomic E-state index is 0.105. The molecule has 4 heteroatoms. The zero-order valence-electron chi connectivity index (χ0n) is 10.3. The molecule has 1 aliphatic rings. The van der Waals surface area contributed by atoms with Crippen molar-refractivity contribution in [2.24, 2.45) is 5.92 Å². The molecule has 1 amide bonds. The second-order valence-electron chi connectivity index (χ2n) is 4.56. The summed E-state index contributed by atoms with van der Waals surface area (Å²) in [6.45, 7) is 5.37. The zero-order valence-corrected chi connectivity index (χ0v) is 10.3. The first-order chi connectivity index (χ1) is 8.31. The van der Waals surface area contributed by atoms with Gasteiger partial charge in [-0.3, -0.25) is 4.79 Å². The van der Waals surface area contributed by atoms with Gasteiger partial charge in [0, 0.05) is 31.8 Å². The Balaban J connectivity index is 1.79. The summed E-state index contributed by atoms with van der Waals surface area (Å²) >= 11 is 0. The number of hydrogen-bond acceptors (Lipinski definition) is 2. The van der Waals surface area contributed by atoms with Crippen molar-refractivity contribution in [1.29, 1.82) is 0 Å².